The highest BCUT2D eigenvalue weighted by Gasteiger charge is 2.09. The fourth-order valence-corrected chi connectivity index (χ4v) is 1.61. The van der Waals surface area contributed by atoms with Crippen LogP contribution in [-0.2, 0) is 19.9 Å². The van der Waals surface area contributed by atoms with Crippen LogP contribution in [0, 0.1) is 0 Å². The van der Waals surface area contributed by atoms with Crippen LogP contribution in [0.15, 0.2) is 6.07 Å². The van der Waals surface area contributed by atoms with E-state index < -0.39 is 0 Å². The van der Waals surface area contributed by atoms with Gasteiger partial charge in [0.2, 0.25) is 0 Å². The number of aliphatic hydroxyl groups excluding tert-OH is 1. The standard InChI is InChI=1S/C11H20N2O/c1-4-6-11(14)8-10-7-9(5-2)12-13(10)3/h7,11,14H,4-6,8H2,1-3H3. The van der Waals surface area contributed by atoms with Crippen LogP contribution < -0.4 is 0 Å². The molecule has 0 aliphatic rings. The first-order chi connectivity index (χ1) is 6.67. The Bertz CT molecular complexity index is 281. The van der Waals surface area contributed by atoms with E-state index in [1.54, 1.807) is 0 Å². The van der Waals surface area contributed by atoms with E-state index in [9.17, 15) is 5.11 Å². The first-order valence-corrected chi connectivity index (χ1v) is 5.37. The summed E-state index contributed by atoms with van der Waals surface area (Å²) in [5.74, 6) is 0. The smallest absolute Gasteiger partial charge is 0.0624 e. The van der Waals surface area contributed by atoms with Crippen LogP contribution in [0.5, 0.6) is 0 Å². The van der Waals surface area contributed by atoms with Gasteiger partial charge in [-0.25, -0.2) is 0 Å². The fraction of sp³-hybridized carbons (Fsp3) is 0.727. The lowest BCUT2D eigenvalue weighted by Crippen LogP contribution is -2.12. The Kier molecular flexibility index (Phi) is 4.14. The molecule has 1 unspecified atom stereocenters. The average Bonchev–Trinajstić information content (AvgIpc) is 2.48. The summed E-state index contributed by atoms with van der Waals surface area (Å²) in [5.41, 5.74) is 2.23. The van der Waals surface area contributed by atoms with Crippen LogP contribution in [0.3, 0.4) is 0 Å². The number of nitrogens with zero attached hydrogens (tertiary/aromatic N) is 2. The summed E-state index contributed by atoms with van der Waals surface area (Å²) < 4.78 is 1.87. The molecule has 0 amide bonds. The number of aliphatic hydroxyl groups is 1. The molecular formula is C11H20N2O. The molecule has 0 aliphatic carbocycles. The van der Waals surface area contributed by atoms with Gasteiger partial charge in [0, 0.05) is 19.2 Å². The molecule has 0 aliphatic heterocycles. The van der Waals surface area contributed by atoms with Crippen LogP contribution in [0.2, 0.25) is 0 Å². The zero-order valence-electron chi connectivity index (χ0n) is 9.32. The van der Waals surface area contributed by atoms with Gasteiger partial charge in [0.1, 0.15) is 0 Å². The van der Waals surface area contributed by atoms with Crippen molar-refractivity contribution in [1.82, 2.24) is 9.78 Å². The van der Waals surface area contributed by atoms with E-state index in [0.29, 0.717) is 0 Å². The molecule has 0 aromatic carbocycles. The Morgan fingerprint density at radius 1 is 1.50 bits per heavy atom. The number of aromatic nitrogens is 2. The first kappa shape index (κ1) is 11.2. The van der Waals surface area contributed by atoms with E-state index in [2.05, 4.69) is 25.0 Å². The molecule has 1 atom stereocenters. The largest absolute Gasteiger partial charge is 0.393 e. The highest BCUT2D eigenvalue weighted by atomic mass is 16.3. The summed E-state index contributed by atoms with van der Waals surface area (Å²) in [6.07, 6.45) is 3.35. The van der Waals surface area contributed by atoms with Crippen molar-refractivity contribution in [3.8, 4) is 0 Å². The Morgan fingerprint density at radius 3 is 2.71 bits per heavy atom. The van der Waals surface area contributed by atoms with Gasteiger partial charge >= 0.3 is 0 Å². The average molecular weight is 196 g/mol. The molecule has 1 aromatic rings. The van der Waals surface area contributed by atoms with Crippen LogP contribution in [-0.4, -0.2) is 21.0 Å². The molecule has 80 valence electrons. The Morgan fingerprint density at radius 2 is 2.21 bits per heavy atom. The Balaban J connectivity index is 2.61. The van der Waals surface area contributed by atoms with Gasteiger partial charge in [-0.15, -0.1) is 0 Å². The van der Waals surface area contributed by atoms with Crippen molar-refractivity contribution in [1.29, 1.82) is 0 Å². The van der Waals surface area contributed by atoms with Crippen molar-refractivity contribution in [3.63, 3.8) is 0 Å². The van der Waals surface area contributed by atoms with Crippen LogP contribution in [0.4, 0.5) is 0 Å². The minimum absolute atomic E-state index is 0.222. The second-order valence-corrected chi connectivity index (χ2v) is 3.75. The predicted molar refractivity (Wildman–Crippen MR) is 57.2 cm³/mol. The van der Waals surface area contributed by atoms with Crippen molar-refractivity contribution in [2.24, 2.45) is 7.05 Å². The number of rotatable bonds is 5. The monoisotopic (exact) mass is 196 g/mol. The lowest BCUT2D eigenvalue weighted by molar-refractivity contribution is 0.161. The maximum Gasteiger partial charge on any atom is 0.0624 e. The van der Waals surface area contributed by atoms with Crippen molar-refractivity contribution in [3.05, 3.63) is 17.5 Å². The summed E-state index contributed by atoms with van der Waals surface area (Å²) >= 11 is 0. The SMILES string of the molecule is CCCC(O)Cc1cc(CC)nn1C. The van der Waals surface area contributed by atoms with E-state index >= 15 is 0 Å². The third-order valence-corrected chi connectivity index (χ3v) is 2.46. The topological polar surface area (TPSA) is 38.1 Å². The van der Waals surface area contributed by atoms with Gasteiger partial charge in [-0.1, -0.05) is 20.3 Å². The fourth-order valence-electron chi connectivity index (χ4n) is 1.61. The molecule has 1 rings (SSSR count). The second-order valence-electron chi connectivity index (χ2n) is 3.75. The number of aryl methyl sites for hydroxylation is 2. The summed E-state index contributed by atoms with van der Waals surface area (Å²) in [7, 11) is 1.94. The maximum atomic E-state index is 9.67. The van der Waals surface area contributed by atoms with Crippen molar-refractivity contribution >= 4 is 0 Å². The molecule has 0 bridgehead atoms. The molecule has 0 fully saturated rings. The van der Waals surface area contributed by atoms with Crippen molar-refractivity contribution < 1.29 is 5.11 Å². The minimum Gasteiger partial charge on any atom is -0.393 e. The molecular weight excluding hydrogens is 176 g/mol. The molecule has 0 saturated carbocycles. The molecule has 1 aromatic heterocycles. The molecule has 0 radical (unpaired) electrons. The molecule has 0 saturated heterocycles. The Hall–Kier alpha value is -0.830. The second kappa shape index (κ2) is 5.15. The quantitative estimate of drug-likeness (QED) is 0.778. The van der Waals surface area contributed by atoms with E-state index in [-0.39, 0.29) is 6.10 Å². The summed E-state index contributed by atoms with van der Waals surface area (Å²) in [6, 6.07) is 2.08. The highest BCUT2D eigenvalue weighted by Crippen LogP contribution is 2.09. The van der Waals surface area contributed by atoms with E-state index in [4.69, 9.17) is 0 Å². The number of hydrogen-bond acceptors (Lipinski definition) is 2. The minimum atomic E-state index is -0.222. The van der Waals surface area contributed by atoms with Gasteiger partial charge in [0.15, 0.2) is 0 Å². The predicted octanol–water partition coefficient (Wildman–Crippen LogP) is 1.69. The van der Waals surface area contributed by atoms with Crippen molar-refractivity contribution in [2.75, 3.05) is 0 Å². The van der Waals surface area contributed by atoms with E-state index in [1.165, 1.54) is 0 Å². The molecule has 1 N–H and O–H groups in total. The molecule has 3 heteroatoms. The molecule has 14 heavy (non-hydrogen) atoms. The van der Waals surface area contributed by atoms with Crippen LogP contribution >= 0.6 is 0 Å². The first-order valence-electron chi connectivity index (χ1n) is 5.37. The normalized spacial score (nSPS) is 13.1. The molecule has 0 spiro atoms. The third-order valence-electron chi connectivity index (χ3n) is 2.46. The van der Waals surface area contributed by atoms with Gasteiger partial charge in [-0.2, -0.15) is 5.10 Å². The van der Waals surface area contributed by atoms with Gasteiger partial charge in [-0.3, -0.25) is 4.68 Å². The highest BCUT2D eigenvalue weighted by molar-refractivity contribution is 5.10. The zero-order chi connectivity index (χ0) is 10.6. The maximum absolute atomic E-state index is 9.67. The third kappa shape index (κ3) is 2.84. The summed E-state index contributed by atoms with van der Waals surface area (Å²) in [5, 5.41) is 14.0. The summed E-state index contributed by atoms with van der Waals surface area (Å²) in [6.45, 7) is 4.18. The lowest BCUT2D eigenvalue weighted by Gasteiger charge is -2.08. The summed E-state index contributed by atoms with van der Waals surface area (Å²) in [4.78, 5) is 0. The van der Waals surface area contributed by atoms with E-state index in [0.717, 1.165) is 37.1 Å². The Labute approximate surface area is 85.8 Å². The van der Waals surface area contributed by atoms with Crippen molar-refractivity contribution in [2.45, 2.75) is 45.6 Å². The lowest BCUT2D eigenvalue weighted by atomic mass is 10.1. The van der Waals surface area contributed by atoms with Gasteiger partial charge in [-0.05, 0) is 18.9 Å². The molecule has 3 nitrogen and oxygen atoms in total. The van der Waals surface area contributed by atoms with Gasteiger partial charge in [0.05, 0.1) is 11.8 Å². The van der Waals surface area contributed by atoms with Gasteiger partial charge < -0.3 is 5.11 Å². The molecule has 1 heterocycles. The van der Waals surface area contributed by atoms with Crippen LogP contribution in [0.25, 0.3) is 0 Å². The number of hydrogen-bond donors (Lipinski definition) is 1. The van der Waals surface area contributed by atoms with Gasteiger partial charge in [0.25, 0.3) is 0 Å². The van der Waals surface area contributed by atoms with Crippen LogP contribution in [0.1, 0.15) is 38.1 Å². The zero-order valence-corrected chi connectivity index (χ0v) is 9.32. The van der Waals surface area contributed by atoms with E-state index in [1.807, 2.05) is 11.7 Å².